The van der Waals surface area contributed by atoms with Gasteiger partial charge in [0.05, 0.1) is 0 Å². The van der Waals surface area contributed by atoms with Crippen LogP contribution in [-0.2, 0) is 0 Å². The highest BCUT2D eigenvalue weighted by Crippen LogP contribution is 2.35. The molecule has 0 saturated carbocycles. The first kappa shape index (κ1) is 17.9. The number of benzene rings is 2. The fraction of sp³-hybridized carbons (Fsp3) is 0.368. The Morgan fingerprint density at radius 3 is 1.48 bits per heavy atom. The van der Waals surface area contributed by atoms with E-state index >= 15 is 0 Å². The zero-order chi connectivity index (χ0) is 17.1. The molecule has 0 spiro atoms. The maximum atomic E-state index is 10.1. The van der Waals surface area contributed by atoms with E-state index in [2.05, 4.69) is 0 Å². The number of aliphatic hydroxyl groups is 3. The normalized spacial score (nSPS) is 14.0. The lowest BCUT2D eigenvalue weighted by Gasteiger charge is -2.36. The molecule has 0 aliphatic heterocycles. The molecule has 2 aromatic rings. The molecule has 0 aliphatic rings. The van der Waals surface area contributed by atoms with Crippen LogP contribution in [-0.4, -0.2) is 30.1 Å². The average Bonchev–Trinajstić information content (AvgIpc) is 2.47. The van der Waals surface area contributed by atoms with Crippen LogP contribution in [0.2, 0.25) is 5.54 Å². The molecule has 0 aliphatic carbocycles. The van der Waals surface area contributed by atoms with Crippen LogP contribution in [0.25, 0.3) is 0 Å². The van der Waals surface area contributed by atoms with E-state index in [1.54, 1.807) is 0 Å². The minimum absolute atomic E-state index is 0.126. The Hall–Kier alpha value is -1.46. The van der Waals surface area contributed by atoms with Crippen LogP contribution in [0.4, 0.5) is 0 Å². The Labute approximate surface area is 139 Å². The van der Waals surface area contributed by atoms with Gasteiger partial charge in [0, 0.05) is 5.54 Å². The van der Waals surface area contributed by atoms with Gasteiger partial charge < -0.3 is 15.3 Å². The maximum absolute atomic E-state index is 10.1. The molecular formula is C19H26O3Si. The smallest absolute Gasteiger partial charge is 0.276 e. The Morgan fingerprint density at radius 2 is 1.17 bits per heavy atom. The van der Waals surface area contributed by atoms with Gasteiger partial charge in [-0.15, -0.1) is 0 Å². The van der Waals surface area contributed by atoms with Crippen LogP contribution in [0.5, 0.6) is 0 Å². The van der Waals surface area contributed by atoms with Crippen LogP contribution >= 0.6 is 0 Å². The zero-order valence-corrected chi connectivity index (χ0v) is 15.1. The lowest BCUT2D eigenvalue weighted by atomic mass is 9.89. The second kappa shape index (κ2) is 6.97. The third-order valence-electron chi connectivity index (χ3n) is 4.05. The zero-order valence-electron chi connectivity index (χ0n) is 14.0. The number of rotatable bonds is 5. The van der Waals surface area contributed by atoms with Crippen LogP contribution in [0.1, 0.15) is 27.2 Å². The molecule has 0 saturated heterocycles. The molecule has 0 fully saturated rings. The lowest BCUT2D eigenvalue weighted by molar-refractivity contribution is -0.316. The van der Waals surface area contributed by atoms with Gasteiger partial charge in [0.15, 0.2) is 0 Å². The summed E-state index contributed by atoms with van der Waals surface area (Å²) in [5, 5.41) is 32.4. The fourth-order valence-electron chi connectivity index (χ4n) is 3.12. The van der Waals surface area contributed by atoms with Crippen molar-refractivity contribution in [3.05, 3.63) is 60.7 Å². The van der Waals surface area contributed by atoms with Gasteiger partial charge in [0.1, 0.15) is 8.80 Å². The molecule has 0 heterocycles. The van der Waals surface area contributed by atoms with Crippen molar-refractivity contribution in [1.29, 1.82) is 0 Å². The lowest BCUT2D eigenvalue weighted by Crippen LogP contribution is -2.55. The highest BCUT2D eigenvalue weighted by molar-refractivity contribution is 6.86. The molecule has 1 atom stereocenters. The van der Waals surface area contributed by atoms with Crippen molar-refractivity contribution in [2.75, 3.05) is 0 Å². The van der Waals surface area contributed by atoms with E-state index in [0.29, 0.717) is 6.42 Å². The highest BCUT2D eigenvalue weighted by atomic mass is 28.3. The Balaban J connectivity index is 2.54. The number of hydrogen-bond acceptors (Lipinski definition) is 3. The second-order valence-electron chi connectivity index (χ2n) is 7.36. The third kappa shape index (κ3) is 5.01. The first-order valence-electron chi connectivity index (χ1n) is 7.95. The first-order chi connectivity index (χ1) is 10.7. The van der Waals surface area contributed by atoms with Gasteiger partial charge in [-0.3, -0.25) is 0 Å². The highest BCUT2D eigenvalue weighted by Gasteiger charge is 2.43. The van der Waals surface area contributed by atoms with Crippen molar-refractivity contribution in [1.82, 2.24) is 0 Å². The van der Waals surface area contributed by atoms with Gasteiger partial charge in [-0.1, -0.05) is 91.8 Å². The molecule has 2 aromatic carbocycles. The van der Waals surface area contributed by atoms with Gasteiger partial charge in [-0.25, -0.2) is 0 Å². The Morgan fingerprint density at radius 1 is 0.783 bits per heavy atom. The molecule has 3 nitrogen and oxygen atoms in total. The van der Waals surface area contributed by atoms with Crippen molar-refractivity contribution in [3.8, 4) is 0 Å². The largest absolute Gasteiger partial charge is 0.344 e. The van der Waals surface area contributed by atoms with Crippen molar-refractivity contribution >= 4 is 19.2 Å². The molecular weight excluding hydrogens is 304 g/mol. The van der Waals surface area contributed by atoms with Crippen molar-refractivity contribution in [3.63, 3.8) is 0 Å². The van der Waals surface area contributed by atoms with Crippen molar-refractivity contribution in [2.45, 2.75) is 38.7 Å². The van der Waals surface area contributed by atoms with Crippen LogP contribution in [0.15, 0.2) is 60.7 Å². The summed E-state index contributed by atoms with van der Waals surface area (Å²) in [6.07, 6.45) is 0.525. The molecule has 4 heteroatoms. The SMILES string of the molecule is CC(C)(C)CC([SiH](c1ccccc1)c1ccccc1)C(O)(O)O. The first-order valence-corrected chi connectivity index (χ1v) is 9.77. The van der Waals surface area contributed by atoms with Crippen LogP contribution in [0, 0.1) is 5.41 Å². The molecule has 2 rings (SSSR count). The maximum Gasteiger partial charge on any atom is 0.276 e. The molecule has 23 heavy (non-hydrogen) atoms. The summed E-state index contributed by atoms with van der Waals surface area (Å²) in [6.45, 7) is 6.15. The molecule has 3 N–H and O–H groups in total. The summed E-state index contributed by atoms with van der Waals surface area (Å²) in [5.74, 6) is -2.68. The summed E-state index contributed by atoms with van der Waals surface area (Å²) in [6, 6.07) is 19.8. The van der Waals surface area contributed by atoms with Gasteiger partial charge >= 0.3 is 0 Å². The second-order valence-corrected chi connectivity index (χ2v) is 10.5. The Kier molecular flexibility index (Phi) is 5.42. The van der Waals surface area contributed by atoms with E-state index in [0.717, 1.165) is 10.4 Å². The molecule has 0 amide bonds. The molecule has 124 valence electrons. The van der Waals surface area contributed by atoms with E-state index in [-0.39, 0.29) is 5.41 Å². The van der Waals surface area contributed by atoms with Gasteiger partial charge in [0.2, 0.25) is 0 Å². The van der Waals surface area contributed by atoms with Gasteiger partial charge in [-0.2, -0.15) is 0 Å². The topological polar surface area (TPSA) is 60.7 Å². The predicted octanol–water partition coefficient (Wildman–Crippen LogP) is 1.47. The fourth-order valence-corrected chi connectivity index (χ4v) is 7.09. The molecule has 1 unspecified atom stereocenters. The monoisotopic (exact) mass is 330 g/mol. The average molecular weight is 331 g/mol. The summed E-state index contributed by atoms with van der Waals surface area (Å²) < 4.78 is 0. The minimum Gasteiger partial charge on any atom is -0.344 e. The van der Waals surface area contributed by atoms with E-state index in [4.69, 9.17) is 0 Å². The standard InChI is InChI=1S/C19H26O3Si/c1-18(2,3)14-17(19(20,21)22)23(15-10-6-4-7-11-15)16-12-8-5-9-13-16/h4-13,17,20-23H,14H2,1-3H3. The van der Waals surface area contributed by atoms with E-state index in [9.17, 15) is 15.3 Å². The molecule has 0 bridgehead atoms. The third-order valence-corrected chi connectivity index (χ3v) is 7.74. The summed E-state index contributed by atoms with van der Waals surface area (Å²) in [5.41, 5.74) is -0.730. The summed E-state index contributed by atoms with van der Waals surface area (Å²) in [7, 11) is -2.04. The van der Waals surface area contributed by atoms with Crippen molar-refractivity contribution in [2.24, 2.45) is 5.41 Å². The van der Waals surface area contributed by atoms with Crippen LogP contribution < -0.4 is 10.4 Å². The summed E-state index contributed by atoms with van der Waals surface area (Å²) in [4.78, 5) is 0. The van der Waals surface area contributed by atoms with E-state index in [1.165, 1.54) is 0 Å². The number of hydrogen-bond donors (Lipinski definition) is 3. The quantitative estimate of drug-likeness (QED) is 0.575. The van der Waals surface area contributed by atoms with Crippen molar-refractivity contribution < 1.29 is 15.3 Å². The van der Waals surface area contributed by atoms with E-state index < -0.39 is 20.3 Å². The Bertz CT molecular complexity index is 561. The van der Waals surface area contributed by atoms with Gasteiger partial charge in [0.25, 0.3) is 5.97 Å². The van der Waals surface area contributed by atoms with E-state index in [1.807, 2.05) is 81.4 Å². The molecule has 0 aromatic heterocycles. The predicted molar refractivity (Wildman–Crippen MR) is 96.5 cm³/mol. The van der Waals surface area contributed by atoms with Crippen LogP contribution in [0.3, 0.4) is 0 Å². The minimum atomic E-state index is -2.68. The summed E-state index contributed by atoms with van der Waals surface area (Å²) >= 11 is 0. The molecule has 0 radical (unpaired) electrons. The van der Waals surface area contributed by atoms with Gasteiger partial charge in [-0.05, 0) is 11.8 Å².